The highest BCUT2D eigenvalue weighted by atomic mass is 16.5. The van der Waals surface area contributed by atoms with Crippen molar-refractivity contribution in [1.82, 2.24) is 14.4 Å². The van der Waals surface area contributed by atoms with Crippen LogP contribution in [0.4, 0.5) is 0 Å². The number of nitrogens with zero attached hydrogens (tertiary/aromatic N) is 3. The number of ether oxygens (including phenoxy) is 2. The van der Waals surface area contributed by atoms with Crippen LogP contribution >= 0.6 is 0 Å². The number of fused-ring (bicyclic) bond motifs is 1. The number of rotatable bonds is 7. The Kier molecular flexibility index (Phi) is 7.91. The molecule has 0 N–H and O–H groups in total. The number of esters is 1. The largest absolute Gasteiger partial charge is 0.497 e. The Morgan fingerprint density at radius 1 is 1.18 bits per heavy atom. The van der Waals surface area contributed by atoms with E-state index in [0.717, 1.165) is 68.3 Å². The maximum absolute atomic E-state index is 13.3. The lowest BCUT2D eigenvalue weighted by molar-refractivity contribution is -0.150. The van der Waals surface area contributed by atoms with E-state index >= 15 is 0 Å². The lowest BCUT2D eigenvalue weighted by Crippen LogP contribution is -2.49. The van der Waals surface area contributed by atoms with Crippen molar-refractivity contribution < 1.29 is 14.3 Å². The SMILES string of the molecule is C#CCn1c(=O)c(CN2CCC(N3CCCC(C(=O)OCC)C3)CC2)cc2ccc(OC)cc21. The van der Waals surface area contributed by atoms with Crippen molar-refractivity contribution in [3.8, 4) is 18.1 Å². The van der Waals surface area contributed by atoms with E-state index in [1.165, 1.54) is 0 Å². The molecule has 0 saturated carbocycles. The summed E-state index contributed by atoms with van der Waals surface area (Å²) in [6.45, 7) is 6.86. The van der Waals surface area contributed by atoms with Crippen molar-refractivity contribution in [3.05, 3.63) is 40.2 Å². The Balaban J connectivity index is 1.42. The van der Waals surface area contributed by atoms with Gasteiger partial charge in [-0.25, -0.2) is 0 Å². The third-order valence-electron chi connectivity index (χ3n) is 7.17. The van der Waals surface area contributed by atoms with Crippen molar-refractivity contribution in [1.29, 1.82) is 0 Å². The fourth-order valence-electron chi connectivity index (χ4n) is 5.37. The second kappa shape index (κ2) is 11.1. The Hall–Kier alpha value is -2.82. The van der Waals surface area contributed by atoms with Crippen LogP contribution in [0.3, 0.4) is 0 Å². The monoisotopic (exact) mass is 465 g/mol. The molecule has 7 nitrogen and oxygen atoms in total. The molecule has 1 aromatic carbocycles. The fourth-order valence-corrected chi connectivity index (χ4v) is 5.37. The summed E-state index contributed by atoms with van der Waals surface area (Å²) >= 11 is 0. The minimum atomic E-state index is -0.0539. The molecule has 1 aromatic heterocycles. The first-order valence-electron chi connectivity index (χ1n) is 12.3. The first kappa shape index (κ1) is 24.3. The molecule has 4 rings (SSSR count). The number of hydrogen-bond acceptors (Lipinski definition) is 6. The van der Waals surface area contributed by atoms with E-state index in [1.807, 2.05) is 31.2 Å². The van der Waals surface area contributed by atoms with Gasteiger partial charge in [-0.3, -0.25) is 24.0 Å². The molecular weight excluding hydrogens is 430 g/mol. The van der Waals surface area contributed by atoms with Crippen LogP contribution in [0.15, 0.2) is 29.1 Å². The van der Waals surface area contributed by atoms with Gasteiger partial charge < -0.3 is 9.47 Å². The molecule has 2 aliphatic rings. The number of carbonyl (C=O) groups excluding carboxylic acids is 1. The van der Waals surface area contributed by atoms with Gasteiger partial charge in [-0.1, -0.05) is 5.92 Å². The highest BCUT2D eigenvalue weighted by Gasteiger charge is 2.32. The number of piperidine rings is 2. The Bertz CT molecular complexity index is 1110. The molecule has 0 spiro atoms. The molecule has 0 bridgehead atoms. The normalized spacial score (nSPS) is 20.2. The summed E-state index contributed by atoms with van der Waals surface area (Å²) in [6, 6.07) is 8.23. The molecule has 34 heavy (non-hydrogen) atoms. The number of terminal acetylenes is 1. The summed E-state index contributed by atoms with van der Waals surface area (Å²) in [5, 5.41) is 0.985. The zero-order chi connectivity index (χ0) is 24.1. The standard InChI is InChI=1S/C27H35N3O4/c1-4-12-30-25-17-24(33-3)9-8-20(25)16-22(26(30)31)18-28-14-10-23(11-15-28)29-13-6-7-21(19-29)27(32)34-5-2/h1,8-9,16-17,21,23H,5-7,10-15,18-19H2,2-3H3. The van der Waals surface area contributed by atoms with Crippen LogP contribution in [-0.4, -0.2) is 66.3 Å². The second-order valence-corrected chi connectivity index (χ2v) is 9.28. The van der Waals surface area contributed by atoms with Gasteiger partial charge >= 0.3 is 5.97 Å². The van der Waals surface area contributed by atoms with E-state index < -0.39 is 0 Å². The van der Waals surface area contributed by atoms with Gasteiger partial charge in [-0.2, -0.15) is 0 Å². The van der Waals surface area contributed by atoms with Crippen LogP contribution in [0.5, 0.6) is 5.75 Å². The van der Waals surface area contributed by atoms with Crippen LogP contribution in [0.25, 0.3) is 10.9 Å². The minimum absolute atomic E-state index is 0.00224. The molecule has 3 heterocycles. The van der Waals surface area contributed by atoms with E-state index in [4.69, 9.17) is 15.9 Å². The van der Waals surface area contributed by atoms with Gasteiger partial charge in [-0.15, -0.1) is 6.42 Å². The Labute approximate surface area is 201 Å². The van der Waals surface area contributed by atoms with Crippen molar-refractivity contribution in [2.75, 3.05) is 39.9 Å². The molecular formula is C27H35N3O4. The van der Waals surface area contributed by atoms with Crippen LogP contribution < -0.4 is 10.3 Å². The smallest absolute Gasteiger partial charge is 0.310 e. The number of hydrogen-bond donors (Lipinski definition) is 0. The number of methoxy groups -OCH3 is 1. The van der Waals surface area contributed by atoms with E-state index in [-0.39, 0.29) is 24.0 Å². The number of aromatic nitrogens is 1. The lowest BCUT2D eigenvalue weighted by Gasteiger charge is -2.41. The zero-order valence-electron chi connectivity index (χ0n) is 20.3. The van der Waals surface area contributed by atoms with Crippen LogP contribution in [0.2, 0.25) is 0 Å². The van der Waals surface area contributed by atoms with Gasteiger partial charge in [0.2, 0.25) is 0 Å². The molecule has 7 heteroatoms. The summed E-state index contributed by atoms with van der Waals surface area (Å²) in [5.74, 6) is 3.26. The molecule has 0 amide bonds. The number of likely N-dealkylation sites (tertiary alicyclic amines) is 2. The second-order valence-electron chi connectivity index (χ2n) is 9.28. The zero-order valence-corrected chi connectivity index (χ0v) is 20.3. The average molecular weight is 466 g/mol. The maximum atomic E-state index is 13.3. The van der Waals surface area contributed by atoms with E-state index in [0.29, 0.717) is 24.9 Å². The average Bonchev–Trinajstić information content (AvgIpc) is 2.87. The minimum Gasteiger partial charge on any atom is -0.497 e. The number of carbonyl (C=O) groups is 1. The molecule has 182 valence electrons. The highest BCUT2D eigenvalue weighted by Crippen LogP contribution is 2.26. The first-order valence-corrected chi connectivity index (χ1v) is 12.3. The fraction of sp³-hybridized carbons (Fsp3) is 0.556. The quantitative estimate of drug-likeness (QED) is 0.463. The predicted molar refractivity (Wildman–Crippen MR) is 133 cm³/mol. The Morgan fingerprint density at radius 2 is 1.97 bits per heavy atom. The van der Waals surface area contributed by atoms with Gasteiger partial charge in [0.1, 0.15) is 5.75 Å². The molecule has 2 aliphatic heterocycles. The van der Waals surface area contributed by atoms with Gasteiger partial charge in [0.05, 0.1) is 31.7 Å². The number of benzene rings is 1. The van der Waals surface area contributed by atoms with Crippen LogP contribution in [0, 0.1) is 18.3 Å². The van der Waals surface area contributed by atoms with Crippen molar-refractivity contribution >= 4 is 16.9 Å². The molecule has 2 aromatic rings. The summed E-state index contributed by atoms with van der Waals surface area (Å²) < 4.78 is 12.3. The first-order chi connectivity index (χ1) is 16.5. The summed E-state index contributed by atoms with van der Waals surface area (Å²) in [5.41, 5.74) is 1.53. The van der Waals surface area contributed by atoms with Gasteiger partial charge in [0.25, 0.3) is 5.56 Å². The molecule has 1 unspecified atom stereocenters. The third kappa shape index (κ3) is 5.29. The van der Waals surface area contributed by atoms with Crippen molar-refractivity contribution in [3.63, 3.8) is 0 Å². The van der Waals surface area contributed by atoms with E-state index in [2.05, 4.69) is 15.7 Å². The summed E-state index contributed by atoms with van der Waals surface area (Å²) in [4.78, 5) is 30.3. The van der Waals surface area contributed by atoms with Crippen LogP contribution in [-0.2, 0) is 22.6 Å². The van der Waals surface area contributed by atoms with Crippen molar-refractivity contribution in [2.45, 2.75) is 51.7 Å². The molecule has 2 fully saturated rings. The van der Waals surface area contributed by atoms with Gasteiger partial charge in [0, 0.05) is 30.8 Å². The van der Waals surface area contributed by atoms with Crippen LogP contribution in [0.1, 0.15) is 38.2 Å². The van der Waals surface area contributed by atoms with Crippen molar-refractivity contribution in [2.24, 2.45) is 5.92 Å². The number of pyridine rings is 1. The van der Waals surface area contributed by atoms with E-state index in [9.17, 15) is 9.59 Å². The summed E-state index contributed by atoms with van der Waals surface area (Å²) in [6.07, 6.45) is 9.62. The lowest BCUT2D eigenvalue weighted by atomic mass is 9.94. The molecule has 0 radical (unpaired) electrons. The molecule has 1 atom stereocenters. The molecule has 2 saturated heterocycles. The molecule has 0 aliphatic carbocycles. The van der Waals surface area contributed by atoms with E-state index in [1.54, 1.807) is 11.7 Å². The predicted octanol–water partition coefficient (Wildman–Crippen LogP) is 2.88. The highest BCUT2D eigenvalue weighted by molar-refractivity contribution is 5.81. The topological polar surface area (TPSA) is 64.0 Å². The maximum Gasteiger partial charge on any atom is 0.310 e. The summed E-state index contributed by atoms with van der Waals surface area (Å²) in [7, 11) is 1.61. The van der Waals surface area contributed by atoms with Gasteiger partial charge in [0.15, 0.2) is 0 Å². The third-order valence-corrected chi connectivity index (χ3v) is 7.17. The van der Waals surface area contributed by atoms with Gasteiger partial charge in [-0.05, 0) is 75.8 Å². The Morgan fingerprint density at radius 3 is 2.68 bits per heavy atom.